The summed E-state index contributed by atoms with van der Waals surface area (Å²) in [5, 5.41) is 2.69. The first-order valence-corrected chi connectivity index (χ1v) is 7.28. The minimum atomic E-state index is 1.29. The molecular formula is C18H16S. The van der Waals surface area contributed by atoms with Crippen LogP contribution in [0.5, 0.6) is 0 Å². The minimum absolute atomic E-state index is 1.29. The molecule has 0 aliphatic rings. The van der Waals surface area contributed by atoms with Crippen LogP contribution in [0.1, 0.15) is 11.1 Å². The highest BCUT2D eigenvalue weighted by Crippen LogP contribution is 2.34. The Kier molecular flexibility index (Phi) is 3.31. The van der Waals surface area contributed by atoms with Crippen molar-refractivity contribution in [1.29, 1.82) is 0 Å². The van der Waals surface area contributed by atoms with Crippen molar-refractivity contribution in [2.75, 3.05) is 0 Å². The van der Waals surface area contributed by atoms with Gasteiger partial charge in [-0.3, -0.25) is 0 Å². The Morgan fingerprint density at radius 2 is 1.37 bits per heavy atom. The van der Waals surface area contributed by atoms with Crippen molar-refractivity contribution in [2.24, 2.45) is 0 Å². The molecule has 0 radical (unpaired) electrons. The Morgan fingerprint density at radius 3 is 2.11 bits per heavy atom. The summed E-state index contributed by atoms with van der Waals surface area (Å²) >= 11 is 1.83. The molecule has 0 unspecified atom stereocenters. The average Bonchev–Trinajstić information content (AvgIpc) is 2.45. The SMILES string of the molecule is Cc1ccc(Sc2ccc(C)c3ccccc23)cc1. The molecule has 0 atom stereocenters. The van der Waals surface area contributed by atoms with Crippen molar-refractivity contribution in [2.45, 2.75) is 23.6 Å². The molecule has 0 fully saturated rings. The van der Waals surface area contributed by atoms with Crippen LogP contribution in [0.25, 0.3) is 10.8 Å². The van der Waals surface area contributed by atoms with Gasteiger partial charge in [0, 0.05) is 9.79 Å². The molecule has 3 aromatic carbocycles. The fourth-order valence-electron chi connectivity index (χ4n) is 2.24. The number of hydrogen-bond acceptors (Lipinski definition) is 1. The summed E-state index contributed by atoms with van der Waals surface area (Å²) in [6, 6.07) is 21.8. The highest BCUT2D eigenvalue weighted by molar-refractivity contribution is 7.99. The standard InChI is InChI=1S/C18H16S/c1-13-7-10-15(11-8-13)19-18-12-9-14(2)16-5-3-4-6-17(16)18/h3-12H,1-2H3. The summed E-state index contributed by atoms with van der Waals surface area (Å²) in [5.74, 6) is 0. The maximum Gasteiger partial charge on any atom is 0.0201 e. The van der Waals surface area contributed by atoms with Crippen molar-refractivity contribution in [3.63, 3.8) is 0 Å². The maximum atomic E-state index is 2.22. The van der Waals surface area contributed by atoms with Crippen molar-refractivity contribution < 1.29 is 0 Å². The molecule has 3 aromatic rings. The van der Waals surface area contributed by atoms with Gasteiger partial charge in [0.1, 0.15) is 0 Å². The lowest BCUT2D eigenvalue weighted by molar-refractivity contribution is 1.37. The van der Waals surface area contributed by atoms with E-state index in [1.54, 1.807) is 0 Å². The molecule has 19 heavy (non-hydrogen) atoms. The summed E-state index contributed by atoms with van der Waals surface area (Å²) in [7, 11) is 0. The van der Waals surface area contributed by atoms with E-state index < -0.39 is 0 Å². The van der Waals surface area contributed by atoms with Crippen LogP contribution in [0.4, 0.5) is 0 Å². The first-order chi connectivity index (χ1) is 9.24. The molecule has 0 nitrogen and oxygen atoms in total. The smallest absolute Gasteiger partial charge is 0.0201 e. The zero-order valence-corrected chi connectivity index (χ0v) is 12.0. The molecule has 0 aliphatic carbocycles. The second kappa shape index (κ2) is 5.10. The van der Waals surface area contributed by atoms with Gasteiger partial charge in [0.05, 0.1) is 0 Å². The van der Waals surface area contributed by atoms with Gasteiger partial charge in [0.15, 0.2) is 0 Å². The maximum absolute atomic E-state index is 2.22. The predicted octanol–water partition coefficient (Wildman–Crippen LogP) is 5.61. The molecule has 0 aromatic heterocycles. The highest BCUT2D eigenvalue weighted by atomic mass is 32.2. The van der Waals surface area contributed by atoms with Gasteiger partial charge in [0.2, 0.25) is 0 Å². The molecule has 0 amide bonds. The van der Waals surface area contributed by atoms with Crippen LogP contribution in [0.15, 0.2) is 70.5 Å². The van der Waals surface area contributed by atoms with E-state index >= 15 is 0 Å². The molecule has 0 heterocycles. The first kappa shape index (κ1) is 12.3. The summed E-state index contributed by atoms with van der Waals surface area (Å²) in [4.78, 5) is 2.62. The van der Waals surface area contributed by atoms with E-state index in [1.807, 2.05) is 11.8 Å². The zero-order valence-electron chi connectivity index (χ0n) is 11.2. The van der Waals surface area contributed by atoms with Crippen LogP contribution in [0.2, 0.25) is 0 Å². The van der Waals surface area contributed by atoms with Crippen LogP contribution in [-0.2, 0) is 0 Å². The van der Waals surface area contributed by atoms with Crippen LogP contribution < -0.4 is 0 Å². The fourth-order valence-corrected chi connectivity index (χ4v) is 3.19. The molecule has 94 valence electrons. The van der Waals surface area contributed by atoms with Gasteiger partial charge in [0.25, 0.3) is 0 Å². The molecule has 0 aliphatic heterocycles. The molecule has 0 bridgehead atoms. The number of rotatable bonds is 2. The van der Waals surface area contributed by atoms with E-state index in [9.17, 15) is 0 Å². The first-order valence-electron chi connectivity index (χ1n) is 6.47. The average molecular weight is 264 g/mol. The molecule has 3 rings (SSSR count). The largest absolute Gasteiger partial charge is 0.0895 e. The van der Waals surface area contributed by atoms with Gasteiger partial charge in [-0.25, -0.2) is 0 Å². The molecule has 0 saturated heterocycles. The normalized spacial score (nSPS) is 10.8. The van der Waals surface area contributed by atoms with Gasteiger partial charge in [-0.2, -0.15) is 0 Å². The van der Waals surface area contributed by atoms with Crippen molar-refractivity contribution in [1.82, 2.24) is 0 Å². The molecule has 0 spiro atoms. The van der Waals surface area contributed by atoms with Gasteiger partial charge < -0.3 is 0 Å². The van der Waals surface area contributed by atoms with Gasteiger partial charge in [-0.15, -0.1) is 0 Å². The van der Waals surface area contributed by atoms with Crippen LogP contribution in [0, 0.1) is 13.8 Å². The van der Waals surface area contributed by atoms with Gasteiger partial charge in [-0.1, -0.05) is 59.8 Å². The number of benzene rings is 3. The van der Waals surface area contributed by atoms with Crippen molar-refractivity contribution in [3.05, 3.63) is 71.8 Å². The lowest BCUT2D eigenvalue weighted by Gasteiger charge is -2.08. The van der Waals surface area contributed by atoms with Crippen LogP contribution >= 0.6 is 11.8 Å². The third-order valence-corrected chi connectivity index (χ3v) is 4.43. The van der Waals surface area contributed by atoms with Crippen molar-refractivity contribution >= 4 is 22.5 Å². The van der Waals surface area contributed by atoms with Gasteiger partial charge >= 0.3 is 0 Å². The Labute approximate surface area is 118 Å². The third kappa shape index (κ3) is 2.52. The van der Waals surface area contributed by atoms with E-state index in [-0.39, 0.29) is 0 Å². The van der Waals surface area contributed by atoms with E-state index in [0.29, 0.717) is 0 Å². The number of aryl methyl sites for hydroxylation is 2. The molecule has 0 saturated carbocycles. The van der Waals surface area contributed by atoms with E-state index in [1.165, 1.54) is 31.7 Å². The Morgan fingerprint density at radius 1 is 0.684 bits per heavy atom. The second-order valence-electron chi connectivity index (χ2n) is 4.84. The van der Waals surface area contributed by atoms with Crippen LogP contribution in [0.3, 0.4) is 0 Å². The topological polar surface area (TPSA) is 0 Å². The lowest BCUT2D eigenvalue weighted by Crippen LogP contribution is -1.82. The highest BCUT2D eigenvalue weighted by Gasteiger charge is 2.04. The van der Waals surface area contributed by atoms with Crippen LogP contribution in [-0.4, -0.2) is 0 Å². The summed E-state index contributed by atoms with van der Waals surface area (Å²) in [5.41, 5.74) is 2.64. The third-order valence-electron chi connectivity index (χ3n) is 3.35. The Hall–Kier alpha value is -1.73. The predicted molar refractivity (Wildman–Crippen MR) is 84.0 cm³/mol. The zero-order chi connectivity index (χ0) is 13.2. The number of fused-ring (bicyclic) bond motifs is 1. The second-order valence-corrected chi connectivity index (χ2v) is 5.96. The molecule has 0 N–H and O–H groups in total. The number of hydrogen-bond donors (Lipinski definition) is 0. The van der Waals surface area contributed by atoms with E-state index in [4.69, 9.17) is 0 Å². The Balaban J connectivity index is 2.06. The fraction of sp³-hybridized carbons (Fsp3) is 0.111. The van der Waals surface area contributed by atoms with E-state index in [2.05, 4.69) is 74.5 Å². The summed E-state index contributed by atoms with van der Waals surface area (Å²) in [6.45, 7) is 4.29. The monoisotopic (exact) mass is 264 g/mol. The Bertz CT molecular complexity index is 711. The summed E-state index contributed by atoms with van der Waals surface area (Å²) in [6.07, 6.45) is 0. The van der Waals surface area contributed by atoms with Gasteiger partial charge in [-0.05, 0) is 48.4 Å². The molecule has 1 heteroatoms. The quantitative estimate of drug-likeness (QED) is 0.580. The van der Waals surface area contributed by atoms with E-state index in [0.717, 1.165) is 0 Å². The minimum Gasteiger partial charge on any atom is -0.0895 e. The lowest BCUT2D eigenvalue weighted by atomic mass is 10.1. The molecular weight excluding hydrogens is 248 g/mol. The van der Waals surface area contributed by atoms with Crippen molar-refractivity contribution in [3.8, 4) is 0 Å². The summed E-state index contributed by atoms with van der Waals surface area (Å²) < 4.78 is 0.